The predicted molar refractivity (Wildman–Crippen MR) is 229 cm³/mol. The van der Waals surface area contributed by atoms with Gasteiger partial charge in [0.2, 0.25) is 5.82 Å². The van der Waals surface area contributed by atoms with Crippen LogP contribution in [0.25, 0.3) is 0 Å². The van der Waals surface area contributed by atoms with E-state index >= 15 is 0 Å². The molecule has 0 unspecified atom stereocenters. The molecule has 3 N–H and O–H groups in total. The summed E-state index contributed by atoms with van der Waals surface area (Å²) in [6.45, 7) is 20.9. The average Bonchev–Trinajstić information content (AvgIpc) is 3.69. The molecular formula is C38H57Br2LiN6O7Si2. The van der Waals surface area contributed by atoms with Gasteiger partial charge in [-0.25, -0.2) is 9.97 Å². The largest absolute Gasteiger partial charge is 1.00 e. The SMILES string of the molecule is CCCOc1ccccc1N.CCCOc1ccccc1NC(=O)c1nc(Br)cn1COCC[Si](C)(C)C.C[Si](C)(C)CCOCn1cc(Br)nc1C(=O)[O-].[Li+]. The Labute approximate surface area is 362 Å². The van der Waals surface area contributed by atoms with Gasteiger partial charge in [-0.2, -0.15) is 0 Å². The van der Waals surface area contributed by atoms with Crippen molar-refractivity contribution in [1.82, 2.24) is 19.1 Å². The molecule has 0 saturated heterocycles. The van der Waals surface area contributed by atoms with E-state index in [2.05, 4.69) is 93.4 Å². The van der Waals surface area contributed by atoms with Gasteiger partial charge in [-0.15, -0.1) is 0 Å². The molecule has 0 aliphatic rings. The molecular weight excluding hydrogens is 875 g/mol. The fourth-order valence-corrected chi connectivity index (χ4v) is 6.65. The minimum absolute atomic E-state index is 0. The van der Waals surface area contributed by atoms with Gasteiger partial charge in [0.15, 0.2) is 5.82 Å². The van der Waals surface area contributed by atoms with Crippen LogP contribution in [0.2, 0.25) is 51.4 Å². The summed E-state index contributed by atoms with van der Waals surface area (Å²) < 4.78 is 26.4. The van der Waals surface area contributed by atoms with Crippen molar-refractivity contribution in [3.8, 4) is 11.5 Å². The van der Waals surface area contributed by atoms with Gasteiger partial charge < -0.3 is 49.0 Å². The molecule has 13 nitrogen and oxygen atoms in total. The number of hydrogen-bond acceptors (Lipinski definition) is 10. The second-order valence-electron chi connectivity index (χ2n) is 14.9. The Morgan fingerprint density at radius 2 is 1.18 bits per heavy atom. The number of carbonyl (C=O) groups excluding carboxylic acids is 2. The molecule has 2 aromatic carbocycles. The zero-order valence-corrected chi connectivity index (χ0v) is 39.5. The summed E-state index contributed by atoms with van der Waals surface area (Å²) in [6, 6.07) is 17.0. The molecule has 0 bridgehead atoms. The van der Waals surface area contributed by atoms with Crippen molar-refractivity contribution in [2.45, 2.75) is 91.5 Å². The number of carboxylic acid groups (broad SMARTS) is 1. The molecule has 1 amide bonds. The number of nitrogens with zero attached hydrogens (tertiary/aromatic N) is 4. The first-order valence-corrected chi connectivity index (χ1v) is 27.3. The summed E-state index contributed by atoms with van der Waals surface area (Å²) in [5.41, 5.74) is 6.97. The van der Waals surface area contributed by atoms with Crippen LogP contribution >= 0.6 is 31.9 Å². The molecule has 4 rings (SSSR count). The molecule has 0 spiro atoms. The topological polar surface area (TPSA) is 168 Å². The third-order valence-electron chi connectivity index (χ3n) is 7.31. The van der Waals surface area contributed by atoms with Crippen molar-refractivity contribution < 1.29 is 52.5 Å². The summed E-state index contributed by atoms with van der Waals surface area (Å²) in [6.07, 6.45) is 5.23. The molecule has 2 aromatic heterocycles. The van der Waals surface area contributed by atoms with Gasteiger partial charge in [-0.1, -0.05) is 77.4 Å². The number of hydrogen-bond donors (Lipinski definition) is 2. The second kappa shape index (κ2) is 26.2. The molecule has 0 saturated carbocycles. The van der Waals surface area contributed by atoms with Crippen molar-refractivity contribution in [1.29, 1.82) is 0 Å². The number of benzene rings is 2. The Kier molecular flexibility index (Phi) is 23.9. The number of aromatic carboxylic acids is 1. The number of amides is 1. The Hall–Kier alpha value is -2.89. The number of nitrogens with one attached hydrogen (secondary N) is 1. The zero-order valence-electron chi connectivity index (χ0n) is 34.3. The maximum Gasteiger partial charge on any atom is 1.00 e. The van der Waals surface area contributed by atoms with Crippen LogP contribution < -0.4 is 44.5 Å². The van der Waals surface area contributed by atoms with Crippen LogP contribution in [0, 0.1) is 0 Å². The van der Waals surface area contributed by atoms with E-state index in [1.54, 1.807) is 17.0 Å². The van der Waals surface area contributed by atoms with Gasteiger partial charge in [0, 0.05) is 41.8 Å². The number of rotatable bonds is 19. The number of halogens is 2. The molecule has 0 atom stereocenters. The molecule has 0 aliphatic carbocycles. The average molecular weight is 933 g/mol. The normalized spacial score (nSPS) is 11.0. The van der Waals surface area contributed by atoms with Gasteiger partial charge in [0.05, 0.1) is 24.6 Å². The van der Waals surface area contributed by atoms with Crippen LogP contribution in [0.15, 0.2) is 70.1 Å². The summed E-state index contributed by atoms with van der Waals surface area (Å²) in [5.74, 6) is 0.00204. The minimum atomic E-state index is -1.30. The van der Waals surface area contributed by atoms with E-state index in [0.717, 1.165) is 37.3 Å². The molecule has 0 aliphatic heterocycles. The number of carboxylic acids is 1. The molecule has 18 heteroatoms. The van der Waals surface area contributed by atoms with Crippen molar-refractivity contribution in [3.63, 3.8) is 0 Å². The van der Waals surface area contributed by atoms with Crippen molar-refractivity contribution >= 4 is 71.3 Å². The first kappa shape index (κ1) is 51.1. The van der Waals surface area contributed by atoms with Crippen molar-refractivity contribution in [2.75, 3.05) is 37.5 Å². The molecule has 4 aromatic rings. The summed E-state index contributed by atoms with van der Waals surface area (Å²) in [5, 5.41) is 13.7. The minimum Gasteiger partial charge on any atom is -0.542 e. The van der Waals surface area contributed by atoms with Crippen LogP contribution in [0.5, 0.6) is 11.5 Å². The number of anilines is 2. The van der Waals surface area contributed by atoms with E-state index in [4.69, 9.17) is 24.7 Å². The van der Waals surface area contributed by atoms with Crippen LogP contribution in [-0.2, 0) is 22.9 Å². The number of nitrogens with two attached hydrogens (primary N) is 1. The number of ether oxygens (including phenoxy) is 4. The summed E-state index contributed by atoms with van der Waals surface area (Å²) >= 11 is 6.46. The standard InChI is InChI=1S/C19H28BrN3O3Si.C10H17BrN2O3Si.C9H13NO.Li/c1-5-10-26-16-9-7-6-8-15(16)21-19(24)18-22-17(20)13-23(18)14-25-11-12-27(2,3)4;1-17(2,3)5-4-16-7-13-6-8(11)12-9(13)10(14)15;1-2-7-11-9-6-4-3-5-8(9)10;/h6-9,13H,5,10-12,14H2,1-4H3,(H,21,24);6H,4-5,7H2,1-3H3,(H,14,15);3-6H,2,7,10H2,1H3;/q;;;+1/p-1. The van der Waals surface area contributed by atoms with Gasteiger partial charge >= 0.3 is 18.9 Å². The van der Waals surface area contributed by atoms with E-state index < -0.39 is 22.1 Å². The third-order valence-corrected chi connectivity index (χ3v) is 11.5. The number of nitrogen functional groups attached to an aromatic ring is 1. The number of para-hydroxylation sites is 4. The third kappa shape index (κ3) is 20.5. The number of imidazole rings is 2. The van der Waals surface area contributed by atoms with Gasteiger partial charge in [-0.3, -0.25) is 4.79 Å². The van der Waals surface area contributed by atoms with Gasteiger partial charge in [0.25, 0.3) is 5.91 Å². The van der Waals surface area contributed by atoms with Crippen LogP contribution in [0.1, 0.15) is 47.9 Å². The maximum atomic E-state index is 12.7. The molecule has 2 heterocycles. The Morgan fingerprint density at radius 3 is 1.66 bits per heavy atom. The first-order valence-electron chi connectivity index (χ1n) is 18.3. The fraction of sp³-hybridized carbons (Fsp3) is 0.474. The maximum absolute atomic E-state index is 12.7. The van der Waals surface area contributed by atoms with E-state index in [-0.39, 0.29) is 37.3 Å². The monoisotopic (exact) mass is 930 g/mol. The van der Waals surface area contributed by atoms with Crippen LogP contribution in [0.3, 0.4) is 0 Å². The van der Waals surface area contributed by atoms with Crippen LogP contribution in [0.4, 0.5) is 11.4 Å². The van der Waals surface area contributed by atoms with Crippen molar-refractivity contribution in [2.24, 2.45) is 0 Å². The molecule has 304 valence electrons. The predicted octanol–water partition coefficient (Wildman–Crippen LogP) is 5.38. The Bertz CT molecular complexity index is 1770. The van der Waals surface area contributed by atoms with Gasteiger partial charge in [0.1, 0.15) is 40.1 Å². The van der Waals surface area contributed by atoms with Gasteiger partial charge in [-0.05, 0) is 81.1 Å². The van der Waals surface area contributed by atoms with E-state index in [0.29, 0.717) is 58.7 Å². The van der Waals surface area contributed by atoms with Crippen LogP contribution in [-0.4, -0.2) is 73.6 Å². The number of carbonyl (C=O) groups is 2. The van der Waals surface area contributed by atoms with Crippen molar-refractivity contribution in [3.05, 3.63) is 81.8 Å². The second-order valence-corrected chi connectivity index (χ2v) is 27.8. The smallest absolute Gasteiger partial charge is 0.542 e. The zero-order chi connectivity index (χ0) is 41.0. The summed E-state index contributed by atoms with van der Waals surface area (Å²) in [4.78, 5) is 31.6. The van der Waals surface area contributed by atoms with E-state index in [1.807, 2.05) is 55.5 Å². The Morgan fingerprint density at radius 1 is 0.732 bits per heavy atom. The number of aromatic nitrogens is 4. The van der Waals surface area contributed by atoms with E-state index in [1.165, 1.54) is 4.57 Å². The fourth-order valence-electron chi connectivity index (χ4n) is 4.30. The quantitative estimate of drug-likeness (QED) is 0.0708. The molecule has 56 heavy (non-hydrogen) atoms. The molecule has 0 radical (unpaired) electrons. The first-order chi connectivity index (χ1) is 25.9. The van der Waals surface area contributed by atoms with E-state index in [9.17, 15) is 14.7 Å². The summed E-state index contributed by atoms with van der Waals surface area (Å²) in [7, 11) is -2.26. The Balaban J connectivity index is 0.000000461. The molecule has 0 fully saturated rings.